The van der Waals surface area contributed by atoms with Crippen molar-refractivity contribution in [2.24, 2.45) is 12.8 Å². The SMILES string of the molecule is CCc1ccc(C(N)c2ccc3c(c2)oc(=O)n3C)s1. The number of benzene rings is 1. The van der Waals surface area contributed by atoms with Crippen molar-refractivity contribution >= 4 is 22.4 Å². The zero-order valence-corrected chi connectivity index (χ0v) is 12.2. The maximum atomic E-state index is 11.5. The first-order valence-corrected chi connectivity index (χ1v) is 7.35. The molecule has 0 fully saturated rings. The molecule has 0 aliphatic heterocycles. The van der Waals surface area contributed by atoms with E-state index in [0.717, 1.165) is 22.4 Å². The lowest BCUT2D eigenvalue weighted by Crippen LogP contribution is -2.10. The molecule has 1 aromatic carbocycles. The highest BCUT2D eigenvalue weighted by atomic mass is 32.1. The Balaban J connectivity index is 2.03. The van der Waals surface area contributed by atoms with Crippen LogP contribution < -0.4 is 11.5 Å². The largest absolute Gasteiger partial charge is 0.419 e. The second-order valence-electron chi connectivity index (χ2n) is 4.79. The summed E-state index contributed by atoms with van der Waals surface area (Å²) in [6, 6.07) is 9.68. The van der Waals surface area contributed by atoms with Crippen molar-refractivity contribution in [3.8, 4) is 0 Å². The van der Waals surface area contributed by atoms with E-state index in [1.807, 2.05) is 18.2 Å². The smallest absolute Gasteiger partial charge is 0.408 e. The average molecular weight is 288 g/mol. The number of aryl methyl sites for hydroxylation is 2. The van der Waals surface area contributed by atoms with E-state index in [1.165, 1.54) is 9.44 Å². The van der Waals surface area contributed by atoms with Gasteiger partial charge in [-0.05, 0) is 36.2 Å². The fraction of sp³-hybridized carbons (Fsp3) is 0.267. The van der Waals surface area contributed by atoms with E-state index in [9.17, 15) is 4.79 Å². The summed E-state index contributed by atoms with van der Waals surface area (Å²) in [5.74, 6) is -0.352. The number of hydrogen-bond donors (Lipinski definition) is 1. The summed E-state index contributed by atoms with van der Waals surface area (Å²) in [5, 5.41) is 0. The summed E-state index contributed by atoms with van der Waals surface area (Å²) in [5.41, 5.74) is 8.62. The summed E-state index contributed by atoms with van der Waals surface area (Å²) >= 11 is 1.73. The minimum absolute atomic E-state index is 0.185. The van der Waals surface area contributed by atoms with E-state index in [0.29, 0.717) is 5.58 Å². The van der Waals surface area contributed by atoms with Gasteiger partial charge in [0.1, 0.15) is 0 Å². The molecule has 3 rings (SSSR count). The van der Waals surface area contributed by atoms with Gasteiger partial charge in [0.15, 0.2) is 5.58 Å². The first-order chi connectivity index (χ1) is 9.60. The molecule has 0 spiro atoms. The molecule has 4 nitrogen and oxygen atoms in total. The molecule has 1 atom stereocenters. The quantitative estimate of drug-likeness (QED) is 0.806. The van der Waals surface area contributed by atoms with Crippen molar-refractivity contribution in [1.82, 2.24) is 4.57 Å². The third-order valence-electron chi connectivity index (χ3n) is 3.51. The minimum atomic E-state index is -0.352. The normalized spacial score (nSPS) is 12.9. The molecule has 0 aliphatic carbocycles. The Morgan fingerprint density at radius 3 is 2.85 bits per heavy atom. The first-order valence-electron chi connectivity index (χ1n) is 6.54. The Bertz CT molecular complexity index is 813. The molecule has 0 saturated heterocycles. The van der Waals surface area contributed by atoms with E-state index in [1.54, 1.807) is 18.4 Å². The topological polar surface area (TPSA) is 61.2 Å². The van der Waals surface area contributed by atoms with Crippen LogP contribution in [0.2, 0.25) is 0 Å². The van der Waals surface area contributed by atoms with Crippen LogP contribution in [0.15, 0.2) is 39.5 Å². The van der Waals surface area contributed by atoms with Crippen LogP contribution in [0.5, 0.6) is 0 Å². The second kappa shape index (κ2) is 4.92. The fourth-order valence-corrected chi connectivity index (χ4v) is 3.24. The van der Waals surface area contributed by atoms with Gasteiger partial charge in [-0.2, -0.15) is 0 Å². The molecule has 2 N–H and O–H groups in total. The lowest BCUT2D eigenvalue weighted by Gasteiger charge is -2.09. The summed E-state index contributed by atoms with van der Waals surface area (Å²) in [7, 11) is 1.70. The zero-order chi connectivity index (χ0) is 14.3. The van der Waals surface area contributed by atoms with Crippen LogP contribution in [0.25, 0.3) is 11.1 Å². The number of oxazole rings is 1. The molecule has 0 radical (unpaired) electrons. The minimum Gasteiger partial charge on any atom is -0.408 e. The van der Waals surface area contributed by atoms with Crippen LogP contribution in [0.3, 0.4) is 0 Å². The molecule has 1 unspecified atom stereocenters. The number of nitrogens with two attached hydrogens (primary N) is 1. The van der Waals surface area contributed by atoms with Crippen molar-refractivity contribution in [2.45, 2.75) is 19.4 Å². The molecular formula is C15H16N2O2S. The van der Waals surface area contributed by atoms with Gasteiger partial charge >= 0.3 is 5.76 Å². The Morgan fingerprint density at radius 1 is 1.35 bits per heavy atom. The van der Waals surface area contributed by atoms with Crippen molar-refractivity contribution in [3.63, 3.8) is 0 Å². The molecule has 0 saturated carbocycles. The first kappa shape index (κ1) is 13.1. The lowest BCUT2D eigenvalue weighted by molar-refractivity contribution is 0.527. The van der Waals surface area contributed by atoms with Gasteiger partial charge < -0.3 is 10.2 Å². The molecule has 2 heterocycles. The predicted octanol–water partition coefficient (Wildman–Crippen LogP) is 2.80. The molecule has 0 aliphatic rings. The standard InChI is InChI=1S/C15H16N2O2S/c1-3-10-5-7-13(20-10)14(16)9-4-6-11-12(8-9)19-15(18)17(11)2/h4-8,14H,3,16H2,1-2H3. The second-order valence-corrected chi connectivity index (χ2v) is 5.99. The van der Waals surface area contributed by atoms with Gasteiger partial charge in [-0.25, -0.2) is 4.79 Å². The third kappa shape index (κ3) is 2.09. The maximum Gasteiger partial charge on any atom is 0.419 e. The number of nitrogens with zero attached hydrogens (tertiary/aromatic N) is 1. The number of thiophene rings is 1. The van der Waals surface area contributed by atoms with Crippen LogP contribution in [-0.4, -0.2) is 4.57 Å². The summed E-state index contributed by atoms with van der Waals surface area (Å²) < 4.78 is 6.70. The van der Waals surface area contributed by atoms with Gasteiger partial charge in [0.2, 0.25) is 0 Å². The molecule has 0 bridgehead atoms. The average Bonchev–Trinajstić information content (AvgIpc) is 3.04. The maximum absolute atomic E-state index is 11.5. The van der Waals surface area contributed by atoms with Crippen LogP contribution in [0.1, 0.15) is 28.3 Å². The van der Waals surface area contributed by atoms with Crippen molar-refractivity contribution in [2.75, 3.05) is 0 Å². The molecule has 3 aromatic rings. The van der Waals surface area contributed by atoms with Crippen LogP contribution in [0, 0.1) is 0 Å². The van der Waals surface area contributed by atoms with Gasteiger partial charge in [-0.3, -0.25) is 4.57 Å². The van der Waals surface area contributed by atoms with Gasteiger partial charge in [0.25, 0.3) is 0 Å². The van der Waals surface area contributed by atoms with Crippen molar-refractivity contribution < 1.29 is 4.42 Å². The number of rotatable bonds is 3. The number of fused-ring (bicyclic) bond motifs is 1. The zero-order valence-electron chi connectivity index (χ0n) is 11.4. The highest BCUT2D eigenvalue weighted by molar-refractivity contribution is 7.12. The highest BCUT2D eigenvalue weighted by Crippen LogP contribution is 2.28. The molecule has 104 valence electrons. The van der Waals surface area contributed by atoms with E-state index in [2.05, 4.69) is 19.1 Å². The van der Waals surface area contributed by atoms with Gasteiger partial charge in [-0.15, -0.1) is 11.3 Å². The summed E-state index contributed by atoms with van der Waals surface area (Å²) in [6.07, 6.45) is 1.02. The Hall–Kier alpha value is -1.85. The molecule has 0 amide bonds. The third-order valence-corrected chi connectivity index (χ3v) is 4.83. The highest BCUT2D eigenvalue weighted by Gasteiger charge is 2.14. The summed E-state index contributed by atoms with van der Waals surface area (Å²) in [4.78, 5) is 13.9. The molecule has 20 heavy (non-hydrogen) atoms. The monoisotopic (exact) mass is 288 g/mol. The van der Waals surface area contributed by atoms with Crippen LogP contribution >= 0.6 is 11.3 Å². The Kier molecular flexibility index (Phi) is 3.23. The van der Waals surface area contributed by atoms with Crippen LogP contribution in [0.4, 0.5) is 0 Å². The van der Waals surface area contributed by atoms with E-state index < -0.39 is 0 Å². The van der Waals surface area contributed by atoms with E-state index in [4.69, 9.17) is 10.2 Å². The van der Waals surface area contributed by atoms with E-state index >= 15 is 0 Å². The Morgan fingerprint density at radius 2 is 2.15 bits per heavy atom. The Labute approximate surface area is 120 Å². The van der Waals surface area contributed by atoms with Gasteiger partial charge in [0.05, 0.1) is 11.6 Å². The van der Waals surface area contributed by atoms with Crippen LogP contribution in [-0.2, 0) is 13.5 Å². The van der Waals surface area contributed by atoms with Crippen molar-refractivity contribution in [1.29, 1.82) is 0 Å². The number of hydrogen-bond acceptors (Lipinski definition) is 4. The lowest BCUT2D eigenvalue weighted by atomic mass is 10.1. The van der Waals surface area contributed by atoms with Gasteiger partial charge in [0, 0.05) is 16.8 Å². The summed E-state index contributed by atoms with van der Waals surface area (Å²) in [6.45, 7) is 2.13. The number of aromatic nitrogens is 1. The van der Waals surface area contributed by atoms with Gasteiger partial charge in [-0.1, -0.05) is 13.0 Å². The van der Waals surface area contributed by atoms with Crippen molar-refractivity contribution in [3.05, 3.63) is 56.2 Å². The predicted molar refractivity (Wildman–Crippen MR) is 81.2 cm³/mol. The van der Waals surface area contributed by atoms with E-state index in [-0.39, 0.29) is 11.8 Å². The fourth-order valence-electron chi connectivity index (χ4n) is 2.26. The molecule has 2 aromatic heterocycles. The molecule has 5 heteroatoms. The molecular weight excluding hydrogens is 272 g/mol.